The van der Waals surface area contributed by atoms with Crippen LogP contribution in [0.1, 0.15) is 40.5 Å². The number of aliphatic hydroxyl groups excluding tert-OH is 1. The van der Waals surface area contributed by atoms with Gasteiger partial charge >= 0.3 is 0 Å². The Morgan fingerprint density at radius 2 is 1.87 bits per heavy atom. The van der Waals surface area contributed by atoms with Gasteiger partial charge in [-0.2, -0.15) is 0 Å². The van der Waals surface area contributed by atoms with Crippen LogP contribution < -0.4 is 4.72 Å². The highest BCUT2D eigenvalue weighted by Crippen LogP contribution is 2.13. The molecule has 2 N–H and O–H groups in total. The van der Waals surface area contributed by atoms with Gasteiger partial charge in [0.1, 0.15) is 0 Å². The Kier molecular flexibility index (Phi) is 5.77. The van der Waals surface area contributed by atoms with Gasteiger partial charge in [0.25, 0.3) is 0 Å². The molecule has 0 aliphatic rings. The van der Waals surface area contributed by atoms with Gasteiger partial charge in [0.05, 0.1) is 4.75 Å². The maximum Gasteiger partial charge on any atom is 0.216 e. The molecular formula is C10H23NO3S. The first-order valence-corrected chi connectivity index (χ1v) is 6.79. The standard InChI is InChI=1S/C10H23NO3S/c1-9(8-12)6-5-7-11-15(13,14)10(2,3)4/h9,11-12H,5-8H2,1-4H3. The zero-order valence-corrected chi connectivity index (χ0v) is 10.9. The first-order chi connectivity index (χ1) is 6.70. The monoisotopic (exact) mass is 237 g/mol. The van der Waals surface area contributed by atoms with Crippen molar-refractivity contribution in [3.8, 4) is 0 Å². The molecule has 0 spiro atoms. The topological polar surface area (TPSA) is 66.4 Å². The van der Waals surface area contributed by atoms with E-state index in [2.05, 4.69) is 4.72 Å². The lowest BCUT2D eigenvalue weighted by molar-refractivity contribution is 0.228. The molecule has 0 radical (unpaired) electrons. The minimum Gasteiger partial charge on any atom is -0.396 e. The average molecular weight is 237 g/mol. The molecule has 1 unspecified atom stereocenters. The van der Waals surface area contributed by atoms with Crippen LogP contribution >= 0.6 is 0 Å². The van der Waals surface area contributed by atoms with Gasteiger partial charge < -0.3 is 5.11 Å². The van der Waals surface area contributed by atoms with Crippen molar-refractivity contribution in [3.63, 3.8) is 0 Å². The van der Waals surface area contributed by atoms with Gasteiger partial charge in [0.2, 0.25) is 10.0 Å². The van der Waals surface area contributed by atoms with Gasteiger partial charge in [-0.25, -0.2) is 13.1 Å². The fraction of sp³-hybridized carbons (Fsp3) is 1.00. The van der Waals surface area contributed by atoms with Gasteiger partial charge in [0, 0.05) is 13.2 Å². The first-order valence-electron chi connectivity index (χ1n) is 5.31. The SMILES string of the molecule is CC(CO)CCCNS(=O)(=O)C(C)(C)C. The Hall–Kier alpha value is -0.130. The molecule has 0 aromatic carbocycles. The zero-order valence-electron chi connectivity index (χ0n) is 10.1. The Labute approximate surface area is 93.1 Å². The van der Waals surface area contributed by atoms with E-state index in [0.717, 1.165) is 12.8 Å². The van der Waals surface area contributed by atoms with Crippen LogP contribution in [0.4, 0.5) is 0 Å². The molecule has 0 saturated heterocycles. The summed E-state index contributed by atoms with van der Waals surface area (Å²) in [7, 11) is -3.21. The number of sulfonamides is 1. The fourth-order valence-corrected chi connectivity index (χ4v) is 1.81. The van der Waals surface area contributed by atoms with Crippen molar-refractivity contribution in [3.05, 3.63) is 0 Å². The van der Waals surface area contributed by atoms with E-state index < -0.39 is 14.8 Å². The van der Waals surface area contributed by atoms with Crippen LogP contribution in [0.25, 0.3) is 0 Å². The van der Waals surface area contributed by atoms with Crippen LogP contribution in [0, 0.1) is 5.92 Å². The molecule has 4 nitrogen and oxygen atoms in total. The largest absolute Gasteiger partial charge is 0.396 e. The number of nitrogens with one attached hydrogen (secondary N) is 1. The van der Waals surface area contributed by atoms with Crippen LogP contribution in [-0.4, -0.2) is 31.4 Å². The van der Waals surface area contributed by atoms with Gasteiger partial charge in [-0.15, -0.1) is 0 Å². The van der Waals surface area contributed by atoms with E-state index in [0.29, 0.717) is 6.54 Å². The van der Waals surface area contributed by atoms with Crippen LogP contribution in [-0.2, 0) is 10.0 Å². The smallest absolute Gasteiger partial charge is 0.216 e. The summed E-state index contributed by atoms with van der Waals surface area (Å²) in [6.45, 7) is 7.57. The molecule has 0 bridgehead atoms. The van der Waals surface area contributed by atoms with E-state index >= 15 is 0 Å². The molecule has 0 saturated carbocycles. The van der Waals surface area contributed by atoms with Crippen molar-refractivity contribution in [2.75, 3.05) is 13.2 Å². The molecular weight excluding hydrogens is 214 g/mol. The van der Waals surface area contributed by atoms with Gasteiger partial charge in [-0.1, -0.05) is 6.92 Å². The lowest BCUT2D eigenvalue weighted by Crippen LogP contribution is -2.39. The molecule has 15 heavy (non-hydrogen) atoms. The normalized spacial score (nSPS) is 15.3. The molecule has 0 heterocycles. The quantitative estimate of drug-likeness (QED) is 0.680. The van der Waals surface area contributed by atoms with Crippen LogP contribution in [0.15, 0.2) is 0 Å². The number of hydrogen-bond acceptors (Lipinski definition) is 3. The Morgan fingerprint density at radius 1 is 1.33 bits per heavy atom. The number of aliphatic hydroxyl groups is 1. The summed E-state index contributed by atoms with van der Waals surface area (Å²) in [5, 5.41) is 8.78. The third kappa shape index (κ3) is 5.49. The van der Waals surface area contributed by atoms with E-state index in [9.17, 15) is 8.42 Å². The summed E-state index contributed by atoms with van der Waals surface area (Å²) in [5.74, 6) is 0.240. The Morgan fingerprint density at radius 3 is 2.27 bits per heavy atom. The molecule has 1 atom stereocenters. The zero-order chi connectivity index (χ0) is 12.1. The van der Waals surface area contributed by atoms with E-state index in [4.69, 9.17) is 5.11 Å². The predicted molar refractivity (Wildman–Crippen MR) is 62.2 cm³/mol. The highest BCUT2D eigenvalue weighted by atomic mass is 32.2. The lowest BCUT2D eigenvalue weighted by Gasteiger charge is -2.19. The number of hydrogen-bond donors (Lipinski definition) is 2. The molecule has 0 aliphatic carbocycles. The second kappa shape index (κ2) is 5.82. The maximum atomic E-state index is 11.6. The first kappa shape index (κ1) is 14.9. The molecule has 0 aromatic heterocycles. The van der Waals surface area contributed by atoms with Crippen molar-refractivity contribution in [2.45, 2.75) is 45.3 Å². The summed E-state index contributed by atoms with van der Waals surface area (Å²) in [6, 6.07) is 0. The molecule has 92 valence electrons. The predicted octanol–water partition coefficient (Wildman–Crippen LogP) is 1.11. The molecule has 0 rings (SSSR count). The van der Waals surface area contributed by atoms with Gasteiger partial charge in [0.15, 0.2) is 0 Å². The summed E-state index contributed by atoms with van der Waals surface area (Å²) in [4.78, 5) is 0. The fourth-order valence-electron chi connectivity index (χ4n) is 0.965. The maximum absolute atomic E-state index is 11.6. The van der Waals surface area contributed by atoms with Gasteiger partial charge in [-0.3, -0.25) is 0 Å². The summed E-state index contributed by atoms with van der Waals surface area (Å²) in [6.07, 6.45) is 1.60. The highest BCUT2D eigenvalue weighted by molar-refractivity contribution is 7.90. The number of rotatable bonds is 6. The Bertz CT molecular complexity index is 267. The van der Waals surface area contributed by atoms with Crippen molar-refractivity contribution in [1.82, 2.24) is 4.72 Å². The minimum absolute atomic E-state index is 0.159. The second-order valence-electron chi connectivity index (χ2n) is 4.94. The van der Waals surface area contributed by atoms with E-state index in [1.807, 2.05) is 6.92 Å². The minimum atomic E-state index is -3.21. The Balaban J connectivity index is 3.88. The summed E-state index contributed by atoms with van der Waals surface area (Å²) < 4.78 is 25.0. The molecule has 5 heteroatoms. The third-order valence-corrected chi connectivity index (χ3v) is 4.48. The van der Waals surface area contributed by atoms with Crippen molar-refractivity contribution >= 4 is 10.0 Å². The molecule has 0 fully saturated rings. The van der Waals surface area contributed by atoms with E-state index in [1.54, 1.807) is 20.8 Å². The lowest BCUT2D eigenvalue weighted by atomic mass is 10.1. The van der Waals surface area contributed by atoms with Crippen LogP contribution in [0.5, 0.6) is 0 Å². The van der Waals surface area contributed by atoms with E-state index in [1.165, 1.54) is 0 Å². The third-order valence-electron chi connectivity index (χ3n) is 2.28. The van der Waals surface area contributed by atoms with Crippen molar-refractivity contribution < 1.29 is 13.5 Å². The van der Waals surface area contributed by atoms with E-state index in [-0.39, 0.29) is 12.5 Å². The molecule has 0 aromatic rings. The van der Waals surface area contributed by atoms with Crippen LogP contribution in [0.2, 0.25) is 0 Å². The second-order valence-corrected chi connectivity index (χ2v) is 7.46. The molecule has 0 amide bonds. The van der Waals surface area contributed by atoms with Crippen molar-refractivity contribution in [1.29, 1.82) is 0 Å². The summed E-state index contributed by atoms with van der Waals surface area (Å²) in [5.41, 5.74) is 0. The summed E-state index contributed by atoms with van der Waals surface area (Å²) >= 11 is 0. The highest BCUT2D eigenvalue weighted by Gasteiger charge is 2.27. The average Bonchev–Trinajstić information content (AvgIpc) is 2.10. The molecule has 0 aliphatic heterocycles. The van der Waals surface area contributed by atoms with Crippen molar-refractivity contribution in [2.24, 2.45) is 5.92 Å². The van der Waals surface area contributed by atoms with Gasteiger partial charge in [-0.05, 0) is 39.5 Å². The van der Waals surface area contributed by atoms with Crippen LogP contribution in [0.3, 0.4) is 0 Å².